The predicted octanol–water partition coefficient (Wildman–Crippen LogP) is 3.52. The minimum absolute atomic E-state index is 0.0762. The molecule has 0 N–H and O–H groups in total. The molecule has 1 aliphatic carbocycles. The van der Waals surface area contributed by atoms with Crippen molar-refractivity contribution in [2.24, 2.45) is 0 Å². The number of ketones is 1. The second-order valence-corrected chi connectivity index (χ2v) is 4.63. The molecule has 0 aliphatic heterocycles. The zero-order valence-electron chi connectivity index (χ0n) is 9.81. The third-order valence-corrected chi connectivity index (χ3v) is 3.58. The topological polar surface area (TPSA) is 17.1 Å². The summed E-state index contributed by atoms with van der Waals surface area (Å²) in [7, 11) is 0. The van der Waals surface area contributed by atoms with Gasteiger partial charge in [-0.15, -0.1) is 0 Å². The molecule has 1 aliphatic rings. The minimum atomic E-state index is 0.0762. The molecule has 0 spiro atoms. The molecule has 0 fully saturated rings. The van der Waals surface area contributed by atoms with E-state index in [4.69, 9.17) is 0 Å². The molecule has 0 amide bonds. The fourth-order valence-corrected chi connectivity index (χ4v) is 2.53. The summed E-state index contributed by atoms with van der Waals surface area (Å²) < 4.78 is 0. The van der Waals surface area contributed by atoms with Gasteiger partial charge in [0.1, 0.15) is 0 Å². The standard InChI is InChI=1S/C16H14O/c1-11-6-2-4-8-13(11)16(17)15-10-12-7-3-5-9-14(12)15/h2-9,15H,10H2,1H3. The van der Waals surface area contributed by atoms with E-state index in [1.165, 1.54) is 11.1 Å². The molecular weight excluding hydrogens is 208 g/mol. The van der Waals surface area contributed by atoms with Crippen LogP contribution in [0, 0.1) is 6.92 Å². The molecule has 17 heavy (non-hydrogen) atoms. The number of hydrogen-bond acceptors (Lipinski definition) is 1. The van der Waals surface area contributed by atoms with Gasteiger partial charge in [-0.3, -0.25) is 4.79 Å². The van der Waals surface area contributed by atoms with Crippen LogP contribution in [0.1, 0.15) is 33.0 Å². The summed E-state index contributed by atoms with van der Waals surface area (Å²) in [6.45, 7) is 2.00. The molecule has 1 heteroatoms. The molecule has 0 saturated carbocycles. The summed E-state index contributed by atoms with van der Waals surface area (Å²) in [4.78, 5) is 12.4. The Morgan fingerprint density at radius 2 is 1.76 bits per heavy atom. The minimum Gasteiger partial charge on any atom is -0.293 e. The molecule has 3 rings (SSSR count). The van der Waals surface area contributed by atoms with Crippen molar-refractivity contribution in [3.05, 3.63) is 70.8 Å². The number of fused-ring (bicyclic) bond motifs is 1. The molecule has 2 aromatic carbocycles. The van der Waals surface area contributed by atoms with E-state index in [1.807, 2.05) is 43.3 Å². The summed E-state index contributed by atoms with van der Waals surface area (Å²) in [6.07, 6.45) is 0.892. The number of hydrogen-bond donors (Lipinski definition) is 0. The Hall–Kier alpha value is -1.89. The Morgan fingerprint density at radius 3 is 2.53 bits per heavy atom. The summed E-state index contributed by atoms with van der Waals surface area (Å²) >= 11 is 0. The van der Waals surface area contributed by atoms with E-state index in [-0.39, 0.29) is 11.7 Å². The van der Waals surface area contributed by atoms with E-state index >= 15 is 0 Å². The van der Waals surface area contributed by atoms with E-state index in [9.17, 15) is 4.79 Å². The fraction of sp³-hybridized carbons (Fsp3) is 0.188. The van der Waals surface area contributed by atoms with Gasteiger partial charge in [0.25, 0.3) is 0 Å². The summed E-state index contributed by atoms with van der Waals surface area (Å²) in [5, 5.41) is 0. The third-order valence-electron chi connectivity index (χ3n) is 3.58. The van der Waals surface area contributed by atoms with Gasteiger partial charge >= 0.3 is 0 Å². The van der Waals surface area contributed by atoms with Gasteiger partial charge in [0.2, 0.25) is 0 Å². The molecule has 1 nitrogen and oxygen atoms in total. The lowest BCUT2D eigenvalue weighted by Crippen LogP contribution is -2.25. The highest BCUT2D eigenvalue weighted by atomic mass is 16.1. The van der Waals surface area contributed by atoms with Gasteiger partial charge in [-0.25, -0.2) is 0 Å². The third kappa shape index (κ3) is 1.59. The number of benzene rings is 2. The highest BCUT2D eigenvalue weighted by Gasteiger charge is 2.32. The van der Waals surface area contributed by atoms with E-state index < -0.39 is 0 Å². The Balaban J connectivity index is 1.94. The SMILES string of the molecule is Cc1ccccc1C(=O)C1Cc2ccccc21. The first-order chi connectivity index (χ1) is 8.27. The second kappa shape index (κ2) is 3.85. The first-order valence-electron chi connectivity index (χ1n) is 5.95. The molecule has 0 radical (unpaired) electrons. The van der Waals surface area contributed by atoms with Crippen molar-refractivity contribution in [1.82, 2.24) is 0 Å². The van der Waals surface area contributed by atoms with Crippen LogP contribution in [-0.4, -0.2) is 5.78 Å². The van der Waals surface area contributed by atoms with Crippen LogP contribution >= 0.6 is 0 Å². The van der Waals surface area contributed by atoms with Gasteiger partial charge in [0, 0.05) is 5.56 Å². The molecule has 0 saturated heterocycles. The van der Waals surface area contributed by atoms with Crippen molar-refractivity contribution in [3.8, 4) is 0 Å². The highest BCUT2D eigenvalue weighted by Crippen LogP contribution is 2.37. The quantitative estimate of drug-likeness (QED) is 0.710. The van der Waals surface area contributed by atoms with Crippen LogP contribution in [0.4, 0.5) is 0 Å². The summed E-state index contributed by atoms with van der Waals surface area (Å²) in [6, 6.07) is 16.1. The van der Waals surface area contributed by atoms with Gasteiger partial charge in [0.15, 0.2) is 5.78 Å². The Morgan fingerprint density at radius 1 is 1.06 bits per heavy atom. The van der Waals surface area contributed by atoms with Gasteiger partial charge in [0.05, 0.1) is 5.92 Å². The van der Waals surface area contributed by atoms with Crippen LogP contribution in [0.2, 0.25) is 0 Å². The van der Waals surface area contributed by atoms with Gasteiger partial charge in [-0.05, 0) is 30.0 Å². The van der Waals surface area contributed by atoms with Crippen LogP contribution in [-0.2, 0) is 6.42 Å². The first-order valence-corrected chi connectivity index (χ1v) is 5.95. The molecule has 0 bridgehead atoms. The molecule has 1 unspecified atom stereocenters. The number of rotatable bonds is 2. The molecular formula is C16H14O. The van der Waals surface area contributed by atoms with E-state index in [0.717, 1.165) is 17.5 Å². The second-order valence-electron chi connectivity index (χ2n) is 4.63. The maximum Gasteiger partial charge on any atom is 0.170 e. The van der Waals surface area contributed by atoms with Crippen LogP contribution in [0.15, 0.2) is 48.5 Å². The molecule has 1 atom stereocenters. The normalized spacial score (nSPS) is 17.1. The molecule has 84 valence electrons. The Labute approximate surface area is 101 Å². The zero-order chi connectivity index (χ0) is 11.8. The lowest BCUT2D eigenvalue weighted by Gasteiger charge is -2.29. The molecule has 0 heterocycles. The van der Waals surface area contributed by atoms with Gasteiger partial charge < -0.3 is 0 Å². The lowest BCUT2D eigenvalue weighted by atomic mass is 9.73. The van der Waals surface area contributed by atoms with Crippen LogP contribution < -0.4 is 0 Å². The van der Waals surface area contributed by atoms with Gasteiger partial charge in [-0.1, -0.05) is 48.5 Å². The number of aryl methyl sites for hydroxylation is 1. The first kappa shape index (κ1) is 10.3. The Kier molecular flexibility index (Phi) is 2.32. The molecule has 2 aromatic rings. The number of Topliss-reactive ketones (excluding diaryl/α,β-unsaturated/α-hetero) is 1. The smallest absolute Gasteiger partial charge is 0.170 e. The van der Waals surface area contributed by atoms with Crippen molar-refractivity contribution < 1.29 is 4.79 Å². The van der Waals surface area contributed by atoms with Crippen LogP contribution in [0.3, 0.4) is 0 Å². The van der Waals surface area contributed by atoms with Crippen molar-refractivity contribution in [1.29, 1.82) is 0 Å². The number of carbonyl (C=O) groups is 1. The average molecular weight is 222 g/mol. The van der Waals surface area contributed by atoms with Gasteiger partial charge in [-0.2, -0.15) is 0 Å². The monoisotopic (exact) mass is 222 g/mol. The van der Waals surface area contributed by atoms with Crippen molar-refractivity contribution in [2.45, 2.75) is 19.3 Å². The predicted molar refractivity (Wildman–Crippen MR) is 68.4 cm³/mol. The van der Waals surface area contributed by atoms with Crippen LogP contribution in [0.25, 0.3) is 0 Å². The maximum atomic E-state index is 12.4. The fourth-order valence-electron chi connectivity index (χ4n) is 2.53. The lowest BCUT2D eigenvalue weighted by molar-refractivity contribution is 0.0948. The molecule has 0 aromatic heterocycles. The zero-order valence-corrected chi connectivity index (χ0v) is 9.81. The summed E-state index contributed by atoms with van der Waals surface area (Å²) in [5.41, 5.74) is 4.47. The van der Waals surface area contributed by atoms with Crippen LogP contribution in [0.5, 0.6) is 0 Å². The number of carbonyl (C=O) groups excluding carboxylic acids is 1. The Bertz CT molecular complexity index is 584. The van der Waals surface area contributed by atoms with Crippen molar-refractivity contribution in [3.63, 3.8) is 0 Å². The van der Waals surface area contributed by atoms with Crippen molar-refractivity contribution >= 4 is 5.78 Å². The van der Waals surface area contributed by atoms with E-state index in [0.29, 0.717) is 0 Å². The van der Waals surface area contributed by atoms with E-state index in [2.05, 4.69) is 12.1 Å². The van der Waals surface area contributed by atoms with E-state index in [1.54, 1.807) is 0 Å². The largest absolute Gasteiger partial charge is 0.293 e. The van der Waals surface area contributed by atoms with Crippen molar-refractivity contribution in [2.75, 3.05) is 0 Å². The summed E-state index contributed by atoms with van der Waals surface area (Å²) in [5.74, 6) is 0.342. The highest BCUT2D eigenvalue weighted by molar-refractivity contribution is 6.03. The average Bonchev–Trinajstić information content (AvgIpc) is 2.31. The maximum absolute atomic E-state index is 12.4.